The van der Waals surface area contributed by atoms with Gasteiger partial charge >= 0.3 is 11.9 Å². The van der Waals surface area contributed by atoms with Crippen molar-refractivity contribution in [3.8, 4) is 0 Å². The van der Waals surface area contributed by atoms with Crippen LogP contribution in [-0.4, -0.2) is 57.1 Å². The molecule has 10 nitrogen and oxygen atoms in total. The van der Waals surface area contributed by atoms with Crippen LogP contribution in [0, 0.1) is 5.92 Å². The van der Waals surface area contributed by atoms with Crippen LogP contribution in [-0.2, 0) is 25.6 Å². The maximum atomic E-state index is 12.9. The Morgan fingerprint density at radius 3 is 2.29 bits per heavy atom. The predicted octanol–water partition coefficient (Wildman–Crippen LogP) is 0.613. The van der Waals surface area contributed by atoms with Crippen LogP contribution in [0.5, 0.6) is 0 Å². The van der Waals surface area contributed by atoms with Gasteiger partial charge in [0.1, 0.15) is 12.1 Å². The average molecular weight is 432 g/mol. The molecule has 0 saturated carbocycles. The molecule has 31 heavy (non-hydrogen) atoms. The molecule has 7 N–H and O–H groups in total. The Morgan fingerprint density at radius 2 is 1.68 bits per heavy atom. The van der Waals surface area contributed by atoms with Crippen molar-refractivity contribution in [1.82, 2.24) is 15.6 Å². The summed E-state index contributed by atoms with van der Waals surface area (Å²) in [7, 11) is 0. The number of benzene rings is 1. The molecule has 3 unspecified atom stereocenters. The lowest BCUT2D eigenvalue weighted by Crippen LogP contribution is -2.56. The van der Waals surface area contributed by atoms with Gasteiger partial charge in [-0.25, -0.2) is 4.79 Å². The molecule has 2 amide bonds. The smallest absolute Gasteiger partial charge is 0.326 e. The van der Waals surface area contributed by atoms with Crippen molar-refractivity contribution in [1.29, 1.82) is 0 Å². The number of hydrogen-bond donors (Lipinski definition) is 6. The van der Waals surface area contributed by atoms with Crippen molar-refractivity contribution in [3.05, 3.63) is 36.0 Å². The van der Waals surface area contributed by atoms with Gasteiger partial charge in [-0.3, -0.25) is 14.4 Å². The first-order valence-electron chi connectivity index (χ1n) is 9.96. The number of carboxylic acid groups (broad SMARTS) is 2. The van der Waals surface area contributed by atoms with Crippen LogP contribution in [0.4, 0.5) is 0 Å². The minimum Gasteiger partial charge on any atom is -0.481 e. The Balaban J connectivity index is 2.25. The van der Waals surface area contributed by atoms with Gasteiger partial charge in [-0.2, -0.15) is 0 Å². The largest absolute Gasteiger partial charge is 0.481 e. The lowest BCUT2D eigenvalue weighted by molar-refractivity contribution is -0.143. The summed E-state index contributed by atoms with van der Waals surface area (Å²) >= 11 is 0. The molecular weight excluding hydrogens is 404 g/mol. The molecule has 2 aromatic rings. The highest BCUT2D eigenvalue weighted by molar-refractivity contribution is 5.93. The number of rotatable bonds is 11. The lowest BCUT2D eigenvalue weighted by Gasteiger charge is -2.23. The number of amides is 2. The number of hydrogen-bond acceptors (Lipinski definition) is 5. The zero-order chi connectivity index (χ0) is 23.1. The van der Waals surface area contributed by atoms with E-state index >= 15 is 0 Å². The number of aliphatic carboxylic acids is 2. The fourth-order valence-electron chi connectivity index (χ4n) is 3.10. The van der Waals surface area contributed by atoms with Crippen molar-refractivity contribution >= 4 is 34.7 Å². The van der Waals surface area contributed by atoms with Crippen LogP contribution in [0.3, 0.4) is 0 Å². The van der Waals surface area contributed by atoms with Gasteiger partial charge in [0.2, 0.25) is 11.8 Å². The van der Waals surface area contributed by atoms with Crippen molar-refractivity contribution in [2.45, 2.75) is 51.2 Å². The van der Waals surface area contributed by atoms with Gasteiger partial charge in [0.25, 0.3) is 0 Å². The summed E-state index contributed by atoms with van der Waals surface area (Å²) in [6.45, 7) is 3.54. The molecule has 0 saturated heterocycles. The van der Waals surface area contributed by atoms with Crippen LogP contribution in [0.25, 0.3) is 10.9 Å². The first kappa shape index (κ1) is 23.9. The number of nitrogens with two attached hydrogens (primary N) is 1. The quantitative estimate of drug-likeness (QED) is 0.301. The van der Waals surface area contributed by atoms with E-state index in [9.17, 15) is 24.3 Å². The Morgan fingerprint density at radius 1 is 1.03 bits per heavy atom. The third-order valence-corrected chi connectivity index (χ3v) is 5.01. The second-order valence-corrected chi connectivity index (χ2v) is 7.73. The normalized spacial score (nSPS) is 14.1. The van der Waals surface area contributed by atoms with E-state index in [2.05, 4.69) is 15.6 Å². The number of aromatic amines is 1. The maximum absolute atomic E-state index is 12.9. The van der Waals surface area contributed by atoms with Crippen LogP contribution < -0.4 is 16.4 Å². The van der Waals surface area contributed by atoms with Gasteiger partial charge in [0.15, 0.2) is 0 Å². The van der Waals surface area contributed by atoms with E-state index in [0.29, 0.717) is 0 Å². The van der Waals surface area contributed by atoms with Crippen LogP contribution in [0.15, 0.2) is 30.5 Å². The monoisotopic (exact) mass is 432 g/mol. The summed E-state index contributed by atoms with van der Waals surface area (Å²) in [4.78, 5) is 50.8. The second-order valence-electron chi connectivity index (χ2n) is 7.73. The SMILES string of the molecule is CC(C)C(N)C(=O)NC(Cc1c[nH]c2ccccc12)C(=O)NC(CCC(=O)O)C(=O)O. The molecule has 1 aromatic carbocycles. The second kappa shape index (κ2) is 10.6. The van der Waals surface area contributed by atoms with E-state index in [1.807, 2.05) is 24.3 Å². The number of nitrogens with one attached hydrogen (secondary N) is 3. The highest BCUT2D eigenvalue weighted by Crippen LogP contribution is 2.19. The lowest BCUT2D eigenvalue weighted by atomic mass is 10.0. The van der Waals surface area contributed by atoms with Gasteiger partial charge in [0.05, 0.1) is 6.04 Å². The zero-order valence-corrected chi connectivity index (χ0v) is 17.4. The molecule has 1 aromatic heterocycles. The molecular formula is C21H28N4O6. The molecule has 168 valence electrons. The number of fused-ring (bicyclic) bond motifs is 1. The summed E-state index contributed by atoms with van der Waals surface area (Å²) in [5, 5.41) is 24.0. The minimum atomic E-state index is -1.40. The van der Waals surface area contributed by atoms with Crippen molar-refractivity contribution in [2.75, 3.05) is 0 Å². The van der Waals surface area contributed by atoms with Gasteiger partial charge < -0.3 is 31.6 Å². The first-order chi connectivity index (χ1) is 14.6. The topological polar surface area (TPSA) is 175 Å². The predicted molar refractivity (Wildman–Crippen MR) is 113 cm³/mol. The molecule has 10 heteroatoms. The fraction of sp³-hybridized carbons (Fsp3) is 0.429. The molecule has 0 aliphatic rings. The summed E-state index contributed by atoms with van der Waals surface area (Å²) in [6, 6.07) is 4.09. The van der Waals surface area contributed by atoms with E-state index in [1.54, 1.807) is 20.0 Å². The molecule has 0 fully saturated rings. The average Bonchev–Trinajstić information content (AvgIpc) is 3.12. The Hall–Kier alpha value is -3.40. The molecule has 0 aliphatic heterocycles. The van der Waals surface area contributed by atoms with E-state index in [-0.39, 0.29) is 18.8 Å². The highest BCUT2D eigenvalue weighted by Gasteiger charge is 2.29. The van der Waals surface area contributed by atoms with Crippen LogP contribution in [0.1, 0.15) is 32.3 Å². The van der Waals surface area contributed by atoms with Crippen LogP contribution >= 0.6 is 0 Å². The number of carbonyl (C=O) groups excluding carboxylic acids is 2. The van der Waals surface area contributed by atoms with E-state index in [4.69, 9.17) is 10.8 Å². The number of carbonyl (C=O) groups is 4. The summed E-state index contributed by atoms with van der Waals surface area (Å²) in [5.74, 6) is -3.96. The zero-order valence-electron chi connectivity index (χ0n) is 17.4. The highest BCUT2D eigenvalue weighted by atomic mass is 16.4. The van der Waals surface area contributed by atoms with Crippen molar-refractivity contribution < 1.29 is 29.4 Å². The summed E-state index contributed by atoms with van der Waals surface area (Å²) < 4.78 is 0. The number of H-pyrrole nitrogens is 1. The number of carboxylic acids is 2. The third-order valence-electron chi connectivity index (χ3n) is 5.01. The molecule has 2 rings (SSSR count). The first-order valence-corrected chi connectivity index (χ1v) is 9.96. The Labute approximate surface area is 179 Å². The maximum Gasteiger partial charge on any atom is 0.326 e. The molecule has 0 aliphatic carbocycles. The number of para-hydroxylation sites is 1. The Bertz CT molecular complexity index is 954. The fourth-order valence-corrected chi connectivity index (χ4v) is 3.10. The molecule has 0 bridgehead atoms. The molecule has 0 spiro atoms. The van der Waals surface area contributed by atoms with E-state index < -0.39 is 48.3 Å². The summed E-state index contributed by atoms with van der Waals surface area (Å²) in [6.07, 6.45) is 1.11. The van der Waals surface area contributed by atoms with Crippen molar-refractivity contribution in [2.24, 2.45) is 11.7 Å². The van der Waals surface area contributed by atoms with E-state index in [1.165, 1.54) is 0 Å². The third kappa shape index (κ3) is 6.54. The van der Waals surface area contributed by atoms with Gasteiger partial charge in [-0.1, -0.05) is 32.0 Å². The standard InChI is InChI=1S/C21H28N4O6/c1-11(2)18(22)20(29)25-16(9-12-10-23-14-6-4-3-5-13(12)14)19(28)24-15(21(30)31)7-8-17(26)27/h3-6,10-11,15-16,18,23H,7-9,22H2,1-2H3,(H,24,28)(H,25,29)(H,26,27)(H,30,31). The molecule has 3 atom stereocenters. The minimum absolute atomic E-state index is 0.0949. The van der Waals surface area contributed by atoms with Gasteiger partial charge in [0, 0.05) is 29.9 Å². The summed E-state index contributed by atoms with van der Waals surface area (Å²) in [5.41, 5.74) is 7.50. The number of aromatic nitrogens is 1. The van der Waals surface area contributed by atoms with Crippen molar-refractivity contribution in [3.63, 3.8) is 0 Å². The van der Waals surface area contributed by atoms with Crippen LogP contribution in [0.2, 0.25) is 0 Å². The van der Waals surface area contributed by atoms with Gasteiger partial charge in [-0.15, -0.1) is 0 Å². The van der Waals surface area contributed by atoms with Gasteiger partial charge in [-0.05, 0) is 24.0 Å². The Kier molecular flexibility index (Phi) is 8.14. The molecule has 1 heterocycles. The van der Waals surface area contributed by atoms with E-state index in [0.717, 1.165) is 16.5 Å². The molecule has 0 radical (unpaired) electrons.